The summed E-state index contributed by atoms with van der Waals surface area (Å²) < 4.78 is 7.53. The monoisotopic (exact) mass is 405 g/mol. The first-order valence-corrected chi connectivity index (χ1v) is 10.4. The predicted molar refractivity (Wildman–Crippen MR) is 125 cm³/mol. The van der Waals surface area contributed by atoms with Crippen LogP contribution in [0.1, 0.15) is 45.7 Å². The maximum absolute atomic E-state index is 10.8. The second-order valence-corrected chi connectivity index (χ2v) is 9.87. The lowest BCUT2D eigenvalue weighted by atomic mass is 9.81. The third-order valence-corrected chi connectivity index (χ3v) is 5.52. The van der Waals surface area contributed by atoms with E-state index in [9.17, 15) is 4.79 Å². The second kappa shape index (κ2) is 8.10. The van der Waals surface area contributed by atoms with Gasteiger partial charge in [0.15, 0.2) is 12.3 Å². The van der Waals surface area contributed by atoms with Crippen molar-refractivity contribution in [3.05, 3.63) is 59.7 Å². The molecule has 0 aromatic heterocycles. The smallest absolute Gasteiger partial charge is 0.298 e. The van der Waals surface area contributed by atoms with E-state index in [1.165, 1.54) is 28.2 Å². The molecular formula is C26H33N2O2+. The standard InChI is InChI=1S/C26H33N2O2/c1-25(2,3)17-28-23-14-13-21(30-18-29)16-22(23)26(4,5)24(28)15-10-19-8-11-20(12-9-19)27(6)7/h8-16,18H,17H2,1-7H3/q+1. The Labute approximate surface area is 180 Å². The van der Waals surface area contributed by atoms with Crippen molar-refractivity contribution in [2.45, 2.75) is 40.0 Å². The van der Waals surface area contributed by atoms with Crippen LogP contribution in [0.15, 0.2) is 48.5 Å². The number of hydrogen-bond donors (Lipinski definition) is 0. The molecule has 30 heavy (non-hydrogen) atoms. The first kappa shape index (κ1) is 21.8. The Hall–Kier alpha value is -2.88. The van der Waals surface area contributed by atoms with Gasteiger partial charge in [-0.1, -0.05) is 32.9 Å². The summed E-state index contributed by atoms with van der Waals surface area (Å²) in [6, 6.07) is 14.5. The Balaban J connectivity index is 2.05. The lowest BCUT2D eigenvalue weighted by molar-refractivity contribution is -0.453. The van der Waals surface area contributed by atoms with Crippen molar-refractivity contribution >= 4 is 29.6 Å². The molecule has 2 aromatic carbocycles. The van der Waals surface area contributed by atoms with E-state index in [-0.39, 0.29) is 10.8 Å². The van der Waals surface area contributed by atoms with Crippen molar-refractivity contribution in [2.75, 3.05) is 25.5 Å². The SMILES string of the molecule is CN(C)c1ccc(C=CC2=[N+](CC(C)(C)C)c3ccc(OC=O)cc3C2(C)C)cc1. The first-order valence-electron chi connectivity index (χ1n) is 10.4. The van der Waals surface area contributed by atoms with Gasteiger partial charge in [0.05, 0.1) is 5.41 Å². The number of hydrogen-bond acceptors (Lipinski definition) is 3. The van der Waals surface area contributed by atoms with Gasteiger partial charge in [0.2, 0.25) is 5.69 Å². The summed E-state index contributed by atoms with van der Waals surface area (Å²) in [4.78, 5) is 12.9. The van der Waals surface area contributed by atoms with E-state index in [4.69, 9.17) is 4.74 Å². The van der Waals surface area contributed by atoms with Crippen LogP contribution in [0.4, 0.5) is 11.4 Å². The fraction of sp³-hybridized carbons (Fsp3) is 0.385. The zero-order chi connectivity index (χ0) is 22.1. The highest BCUT2D eigenvalue weighted by molar-refractivity contribution is 6.05. The minimum absolute atomic E-state index is 0.127. The molecule has 0 saturated carbocycles. The molecule has 0 N–H and O–H groups in total. The molecule has 0 saturated heterocycles. The lowest BCUT2D eigenvalue weighted by Crippen LogP contribution is -2.30. The Bertz CT molecular complexity index is 991. The summed E-state index contributed by atoms with van der Waals surface area (Å²) in [6.07, 6.45) is 4.41. The van der Waals surface area contributed by atoms with Crippen molar-refractivity contribution in [2.24, 2.45) is 5.41 Å². The van der Waals surface area contributed by atoms with Crippen LogP contribution in [0.25, 0.3) is 6.08 Å². The third kappa shape index (κ3) is 4.48. The number of carbonyl (C=O) groups is 1. The van der Waals surface area contributed by atoms with Gasteiger partial charge >= 0.3 is 0 Å². The largest absolute Gasteiger partial charge is 0.429 e. The van der Waals surface area contributed by atoms with Crippen molar-refractivity contribution in [1.82, 2.24) is 0 Å². The van der Waals surface area contributed by atoms with Gasteiger partial charge < -0.3 is 9.64 Å². The van der Waals surface area contributed by atoms with E-state index in [1.807, 2.05) is 26.2 Å². The van der Waals surface area contributed by atoms with Crippen LogP contribution < -0.4 is 9.64 Å². The van der Waals surface area contributed by atoms with E-state index in [1.54, 1.807) is 0 Å². The molecule has 1 aliphatic rings. The van der Waals surface area contributed by atoms with Gasteiger partial charge in [-0.2, -0.15) is 4.58 Å². The number of fused-ring (bicyclic) bond motifs is 1. The molecule has 4 heteroatoms. The van der Waals surface area contributed by atoms with E-state index < -0.39 is 0 Å². The molecule has 0 fully saturated rings. The summed E-state index contributed by atoms with van der Waals surface area (Å²) in [7, 11) is 4.10. The number of benzene rings is 2. The van der Waals surface area contributed by atoms with E-state index in [0.717, 1.165) is 6.54 Å². The minimum atomic E-state index is -0.205. The Morgan fingerprint density at radius 3 is 2.27 bits per heavy atom. The molecule has 0 bridgehead atoms. The molecule has 0 amide bonds. The van der Waals surface area contributed by atoms with E-state index in [2.05, 4.69) is 86.6 Å². The maximum Gasteiger partial charge on any atom is 0.298 e. The third-order valence-electron chi connectivity index (χ3n) is 5.52. The summed E-state index contributed by atoms with van der Waals surface area (Å²) in [5.74, 6) is 0.581. The fourth-order valence-corrected chi connectivity index (χ4v) is 3.99. The number of anilines is 1. The van der Waals surface area contributed by atoms with Crippen molar-refractivity contribution in [3.63, 3.8) is 0 Å². The minimum Gasteiger partial charge on any atom is -0.429 e. The van der Waals surface area contributed by atoms with Gasteiger partial charge in [-0.15, -0.1) is 0 Å². The highest BCUT2D eigenvalue weighted by Crippen LogP contribution is 2.43. The lowest BCUT2D eigenvalue weighted by Gasteiger charge is -2.17. The average molecular weight is 406 g/mol. The van der Waals surface area contributed by atoms with Crippen molar-refractivity contribution in [1.29, 1.82) is 0 Å². The molecule has 1 aliphatic heterocycles. The average Bonchev–Trinajstić information content (AvgIpc) is 2.86. The van der Waals surface area contributed by atoms with Crippen LogP contribution in [-0.4, -0.2) is 37.4 Å². The molecule has 0 unspecified atom stereocenters. The van der Waals surface area contributed by atoms with Crippen LogP contribution in [0.5, 0.6) is 5.75 Å². The Morgan fingerprint density at radius 2 is 1.70 bits per heavy atom. The first-order chi connectivity index (χ1) is 14.0. The maximum atomic E-state index is 10.8. The zero-order valence-corrected chi connectivity index (χ0v) is 19.2. The van der Waals surface area contributed by atoms with Crippen molar-refractivity contribution < 1.29 is 14.1 Å². The number of rotatable bonds is 6. The van der Waals surface area contributed by atoms with Gasteiger partial charge in [0.1, 0.15) is 5.75 Å². The van der Waals surface area contributed by atoms with Gasteiger partial charge in [0, 0.05) is 42.9 Å². The number of nitrogens with zero attached hydrogens (tertiary/aromatic N) is 2. The summed E-state index contributed by atoms with van der Waals surface area (Å²) >= 11 is 0. The number of ether oxygens (including phenoxy) is 1. The fourth-order valence-electron chi connectivity index (χ4n) is 3.99. The van der Waals surface area contributed by atoms with Crippen LogP contribution in [0.2, 0.25) is 0 Å². The molecule has 1 heterocycles. The highest BCUT2D eigenvalue weighted by atomic mass is 16.5. The number of allylic oxidation sites excluding steroid dienone is 1. The second-order valence-electron chi connectivity index (χ2n) is 9.87. The highest BCUT2D eigenvalue weighted by Gasteiger charge is 2.45. The molecule has 0 atom stereocenters. The Morgan fingerprint density at radius 1 is 1.03 bits per heavy atom. The van der Waals surface area contributed by atoms with Crippen LogP contribution >= 0.6 is 0 Å². The van der Waals surface area contributed by atoms with E-state index in [0.29, 0.717) is 12.2 Å². The molecule has 4 nitrogen and oxygen atoms in total. The quantitative estimate of drug-likeness (QED) is 0.475. The molecule has 0 aliphatic carbocycles. The van der Waals surface area contributed by atoms with Gasteiger partial charge in [0.25, 0.3) is 6.47 Å². The van der Waals surface area contributed by atoms with Crippen LogP contribution in [0, 0.1) is 5.41 Å². The summed E-state index contributed by atoms with van der Waals surface area (Å²) in [6.45, 7) is 12.6. The molecular weight excluding hydrogens is 372 g/mol. The van der Waals surface area contributed by atoms with Crippen LogP contribution in [0.3, 0.4) is 0 Å². The molecule has 158 valence electrons. The molecule has 3 rings (SSSR count). The molecule has 0 radical (unpaired) electrons. The van der Waals surface area contributed by atoms with Crippen LogP contribution in [-0.2, 0) is 10.2 Å². The van der Waals surface area contributed by atoms with Gasteiger partial charge in [-0.25, -0.2) is 0 Å². The topological polar surface area (TPSA) is 32.5 Å². The number of carbonyl (C=O) groups excluding carboxylic acids is 1. The normalized spacial score (nSPS) is 15.4. The summed E-state index contributed by atoms with van der Waals surface area (Å²) in [5, 5.41) is 0. The Kier molecular flexibility index (Phi) is 5.89. The van der Waals surface area contributed by atoms with Gasteiger partial charge in [-0.05, 0) is 49.8 Å². The molecule has 0 spiro atoms. The molecule has 2 aromatic rings. The summed E-state index contributed by atoms with van der Waals surface area (Å²) in [5.41, 5.74) is 5.87. The van der Waals surface area contributed by atoms with E-state index >= 15 is 0 Å². The van der Waals surface area contributed by atoms with Crippen molar-refractivity contribution in [3.8, 4) is 5.75 Å². The predicted octanol–water partition coefficient (Wildman–Crippen LogP) is 5.42. The zero-order valence-electron chi connectivity index (χ0n) is 19.2. The van der Waals surface area contributed by atoms with Gasteiger partial charge in [-0.3, -0.25) is 4.79 Å².